The third-order valence-corrected chi connectivity index (χ3v) is 18.1. The number of likely N-dealkylation sites (N-methyl/N-ethyl adjacent to an activating group) is 2. The SMILES string of the molecule is CCCCCC1CCC(C2CCC(C(=O)Oc3ccc(N(CC)CCN(C)c4cc5c6c(c7c(c5cc4OC)OC(c4ccc(OC)cc4)(c4ccc(OC)cc4)C=C7)C(C)(C)c4cc(C(F)(F)F)ccc4-6)cc3)CC2)CC1. The van der Waals surface area contributed by atoms with E-state index in [1.54, 1.807) is 27.4 Å². The highest BCUT2D eigenvalue weighted by Gasteiger charge is 2.46. The zero-order valence-corrected chi connectivity index (χ0v) is 46.9. The van der Waals surface area contributed by atoms with Crippen LogP contribution >= 0.6 is 0 Å². The molecule has 8 nitrogen and oxygen atoms in total. The van der Waals surface area contributed by atoms with E-state index in [9.17, 15) is 18.0 Å². The first kappa shape index (κ1) is 54.7. The van der Waals surface area contributed by atoms with E-state index in [1.165, 1.54) is 63.5 Å². The molecule has 1 heterocycles. The maximum absolute atomic E-state index is 14.5. The number of benzene rings is 6. The summed E-state index contributed by atoms with van der Waals surface area (Å²) >= 11 is 0. The standard InChI is InChI=1S/C67H77F3N2O6/c1-9-11-12-13-43-14-16-44(17-15-43)45-18-20-46(21-19-45)64(73)77-53-33-27-50(28-34-53)72(10-2)39-38-71(5)59-41-56-57(42-60(59)76-8)63-55(62-61(56)54-35-26-49(67(68,69)70)40-58(54)65(62,3)4)36-37-66(78-63,47-22-29-51(74-6)30-23-47)48-24-31-52(75-7)32-25-48/h22-37,40-46H,9-21,38-39H2,1-8H3. The van der Waals surface area contributed by atoms with Crippen molar-refractivity contribution in [2.45, 2.75) is 122 Å². The van der Waals surface area contributed by atoms with E-state index >= 15 is 0 Å². The molecule has 0 saturated heterocycles. The van der Waals surface area contributed by atoms with Crippen molar-refractivity contribution < 1.29 is 41.7 Å². The summed E-state index contributed by atoms with van der Waals surface area (Å²) in [5, 5.41) is 1.61. The molecule has 10 rings (SSSR count). The average molecular weight is 1060 g/mol. The summed E-state index contributed by atoms with van der Waals surface area (Å²) in [5.41, 5.74) is 4.83. The van der Waals surface area contributed by atoms with Gasteiger partial charge in [-0.1, -0.05) is 95.7 Å². The Morgan fingerprint density at radius 1 is 0.705 bits per heavy atom. The minimum Gasteiger partial charge on any atom is -0.497 e. The summed E-state index contributed by atoms with van der Waals surface area (Å²) in [7, 11) is 6.97. The lowest BCUT2D eigenvalue weighted by Gasteiger charge is -2.38. The summed E-state index contributed by atoms with van der Waals surface area (Å²) in [4.78, 5) is 18.0. The number of rotatable bonds is 18. The lowest BCUT2D eigenvalue weighted by molar-refractivity contribution is -0.140. The molecule has 11 heteroatoms. The van der Waals surface area contributed by atoms with Crippen LogP contribution in [0.2, 0.25) is 0 Å². The fraction of sp³-hybridized carbons (Fsp3) is 0.448. The summed E-state index contributed by atoms with van der Waals surface area (Å²) < 4.78 is 74.4. The molecule has 3 aliphatic carbocycles. The van der Waals surface area contributed by atoms with Crippen molar-refractivity contribution in [1.82, 2.24) is 0 Å². The molecule has 0 bridgehead atoms. The zero-order chi connectivity index (χ0) is 54.9. The van der Waals surface area contributed by atoms with Crippen LogP contribution in [0.25, 0.3) is 28.0 Å². The van der Waals surface area contributed by atoms with Gasteiger partial charge in [0.1, 0.15) is 28.7 Å². The molecule has 0 amide bonds. The molecule has 0 spiro atoms. The quantitative estimate of drug-likeness (QED) is 0.0479. The highest BCUT2D eigenvalue weighted by Crippen LogP contribution is 2.60. The van der Waals surface area contributed by atoms with Crippen molar-refractivity contribution in [3.8, 4) is 39.9 Å². The smallest absolute Gasteiger partial charge is 0.416 e. The highest BCUT2D eigenvalue weighted by atomic mass is 19.4. The molecule has 0 N–H and O–H groups in total. The van der Waals surface area contributed by atoms with Crippen LogP contribution in [-0.4, -0.2) is 54.0 Å². The Labute approximate surface area is 459 Å². The Bertz CT molecular complexity index is 3070. The second-order valence-corrected chi connectivity index (χ2v) is 22.9. The van der Waals surface area contributed by atoms with Gasteiger partial charge in [0.25, 0.3) is 0 Å². The lowest BCUT2D eigenvalue weighted by atomic mass is 9.68. The Morgan fingerprint density at radius 3 is 1.90 bits per heavy atom. The second kappa shape index (κ2) is 22.6. The molecule has 2 saturated carbocycles. The van der Waals surface area contributed by atoms with Crippen LogP contribution in [0, 0.1) is 23.7 Å². The number of nitrogens with zero attached hydrogens (tertiary/aromatic N) is 2. The predicted molar refractivity (Wildman–Crippen MR) is 308 cm³/mol. The fourth-order valence-electron chi connectivity index (χ4n) is 13.5. The van der Waals surface area contributed by atoms with Crippen molar-refractivity contribution in [3.63, 3.8) is 0 Å². The van der Waals surface area contributed by atoms with Crippen LogP contribution in [0.4, 0.5) is 24.5 Å². The van der Waals surface area contributed by atoms with Crippen LogP contribution < -0.4 is 33.5 Å². The molecular formula is C67H77F3N2O6. The highest BCUT2D eigenvalue weighted by molar-refractivity contribution is 6.10. The molecule has 0 radical (unpaired) electrons. The number of ether oxygens (including phenoxy) is 5. The first-order valence-corrected chi connectivity index (χ1v) is 28.5. The normalized spacial score (nSPS) is 20.0. The second-order valence-electron chi connectivity index (χ2n) is 22.9. The van der Waals surface area contributed by atoms with Gasteiger partial charge in [-0.3, -0.25) is 4.79 Å². The number of halogens is 3. The fourth-order valence-corrected chi connectivity index (χ4v) is 13.5. The van der Waals surface area contributed by atoms with E-state index in [-0.39, 0.29) is 11.9 Å². The first-order valence-electron chi connectivity index (χ1n) is 28.5. The number of esters is 1. The molecule has 78 heavy (non-hydrogen) atoms. The third-order valence-electron chi connectivity index (χ3n) is 18.1. The number of anilines is 2. The van der Waals surface area contributed by atoms with E-state index in [0.717, 1.165) is 106 Å². The number of alkyl halides is 3. The number of carbonyl (C=O) groups excluding carboxylic acids is 1. The molecule has 6 aromatic carbocycles. The molecule has 0 atom stereocenters. The third kappa shape index (κ3) is 10.5. The molecule has 4 aliphatic rings. The first-order chi connectivity index (χ1) is 37.6. The zero-order valence-electron chi connectivity index (χ0n) is 46.9. The largest absolute Gasteiger partial charge is 0.497 e. The molecule has 6 aromatic rings. The van der Waals surface area contributed by atoms with Gasteiger partial charge in [-0.05, 0) is 170 Å². The minimum atomic E-state index is -4.52. The van der Waals surface area contributed by atoms with Crippen molar-refractivity contribution in [2.75, 3.05) is 57.8 Å². The van der Waals surface area contributed by atoms with Gasteiger partial charge in [-0.2, -0.15) is 13.2 Å². The summed E-state index contributed by atoms with van der Waals surface area (Å²) in [6.45, 7) is 10.4. The Balaban J connectivity index is 0.912. The lowest BCUT2D eigenvalue weighted by Crippen LogP contribution is -2.35. The number of fused-ring (bicyclic) bond motifs is 8. The number of carbonyl (C=O) groups is 1. The molecule has 2 fully saturated rings. The molecule has 0 aromatic heterocycles. The van der Waals surface area contributed by atoms with Gasteiger partial charge in [0, 0.05) is 59.9 Å². The van der Waals surface area contributed by atoms with Crippen LogP contribution in [0.5, 0.6) is 28.7 Å². The summed E-state index contributed by atoms with van der Waals surface area (Å²) in [6, 6.07) is 31.8. The Morgan fingerprint density at radius 2 is 1.32 bits per heavy atom. The van der Waals surface area contributed by atoms with Gasteiger partial charge in [0.05, 0.1) is 38.5 Å². The van der Waals surface area contributed by atoms with Crippen molar-refractivity contribution in [2.24, 2.45) is 23.7 Å². The predicted octanol–water partition coefficient (Wildman–Crippen LogP) is 16.6. The van der Waals surface area contributed by atoms with E-state index < -0.39 is 22.8 Å². The van der Waals surface area contributed by atoms with Crippen LogP contribution in [-0.2, 0) is 22.0 Å². The van der Waals surface area contributed by atoms with Gasteiger partial charge >= 0.3 is 12.1 Å². The Kier molecular flexibility index (Phi) is 15.9. The maximum atomic E-state index is 14.5. The van der Waals surface area contributed by atoms with Gasteiger partial charge in [0.15, 0.2) is 5.60 Å². The number of unbranched alkanes of at least 4 members (excludes halogenated alkanes) is 2. The topological polar surface area (TPSA) is 69.7 Å². The van der Waals surface area contributed by atoms with Crippen LogP contribution in [0.3, 0.4) is 0 Å². The number of hydrogen-bond donors (Lipinski definition) is 0. The molecular weight excluding hydrogens is 986 g/mol. The monoisotopic (exact) mass is 1060 g/mol. The number of hydrogen-bond acceptors (Lipinski definition) is 8. The molecule has 1 aliphatic heterocycles. The van der Waals surface area contributed by atoms with Crippen molar-refractivity contribution in [3.05, 3.63) is 143 Å². The van der Waals surface area contributed by atoms with E-state index in [2.05, 4.69) is 41.9 Å². The van der Waals surface area contributed by atoms with Gasteiger partial charge < -0.3 is 33.5 Å². The van der Waals surface area contributed by atoms with E-state index in [4.69, 9.17) is 23.7 Å². The van der Waals surface area contributed by atoms with Gasteiger partial charge in [0.2, 0.25) is 0 Å². The molecule has 0 unspecified atom stereocenters. The van der Waals surface area contributed by atoms with Gasteiger partial charge in [-0.25, -0.2) is 0 Å². The van der Waals surface area contributed by atoms with Crippen LogP contribution in [0.15, 0.2) is 109 Å². The van der Waals surface area contributed by atoms with Gasteiger partial charge in [-0.15, -0.1) is 0 Å². The summed E-state index contributed by atoms with van der Waals surface area (Å²) in [5.74, 6) is 5.51. The maximum Gasteiger partial charge on any atom is 0.416 e. The molecule has 412 valence electrons. The van der Waals surface area contributed by atoms with Crippen molar-refractivity contribution in [1.29, 1.82) is 0 Å². The minimum absolute atomic E-state index is 0.0484. The Hall–Kier alpha value is -6.62. The summed E-state index contributed by atoms with van der Waals surface area (Å²) in [6.07, 6.45) is 14.6. The van der Waals surface area contributed by atoms with E-state index in [0.29, 0.717) is 47.4 Å². The average Bonchev–Trinajstić information content (AvgIpc) is 3.23. The van der Waals surface area contributed by atoms with Crippen LogP contribution in [0.1, 0.15) is 138 Å². The van der Waals surface area contributed by atoms with E-state index in [1.807, 2.05) is 99.8 Å². The number of methoxy groups -OCH3 is 3. The van der Waals surface area contributed by atoms with Crippen molar-refractivity contribution >= 4 is 34.2 Å².